The van der Waals surface area contributed by atoms with E-state index in [1.54, 1.807) is 0 Å². The van der Waals surface area contributed by atoms with Crippen LogP contribution in [0.2, 0.25) is 0 Å². The van der Waals surface area contributed by atoms with Crippen LogP contribution < -0.4 is 10.6 Å². The molecule has 2 saturated heterocycles. The molecule has 1 saturated carbocycles. The lowest BCUT2D eigenvalue weighted by Crippen LogP contribution is -2.48. The SMILES string of the molecule is CCNC(=NCC(C(C)C)N1CCOCC1)NCC1CCN(C2CC2)C1.I. The smallest absolute Gasteiger partial charge is 0.191 e. The van der Waals surface area contributed by atoms with Crippen LogP contribution in [0.1, 0.15) is 40.0 Å². The van der Waals surface area contributed by atoms with Crippen LogP contribution in [0.4, 0.5) is 0 Å². The molecule has 0 radical (unpaired) electrons. The average Bonchev–Trinajstić information content (AvgIpc) is 3.39. The molecule has 7 heteroatoms. The second-order valence-electron chi connectivity index (χ2n) is 8.44. The standard InChI is InChI=1S/C20H39N5O.HI/c1-4-21-20(22-13-17-7-8-25(15-17)18-5-6-18)23-14-19(16(2)3)24-9-11-26-12-10-24;/h16-19H,4-15H2,1-3H3,(H2,21,22,23);1H. The molecule has 0 aromatic heterocycles. The summed E-state index contributed by atoms with van der Waals surface area (Å²) in [5.41, 5.74) is 0. The Bertz CT molecular complexity index is 452. The highest BCUT2D eigenvalue weighted by Crippen LogP contribution is 2.31. The highest BCUT2D eigenvalue weighted by atomic mass is 127. The highest BCUT2D eigenvalue weighted by Gasteiger charge is 2.34. The van der Waals surface area contributed by atoms with Crippen molar-refractivity contribution in [3.63, 3.8) is 0 Å². The van der Waals surface area contributed by atoms with Gasteiger partial charge in [-0.15, -0.1) is 24.0 Å². The van der Waals surface area contributed by atoms with Crippen LogP contribution in [-0.2, 0) is 4.74 Å². The Balaban J connectivity index is 0.00000261. The van der Waals surface area contributed by atoms with Crippen molar-refractivity contribution in [3.8, 4) is 0 Å². The molecule has 0 aromatic rings. The van der Waals surface area contributed by atoms with Crippen molar-refractivity contribution in [2.24, 2.45) is 16.8 Å². The fraction of sp³-hybridized carbons (Fsp3) is 0.950. The number of nitrogens with one attached hydrogen (secondary N) is 2. The summed E-state index contributed by atoms with van der Waals surface area (Å²) in [6, 6.07) is 1.40. The maximum Gasteiger partial charge on any atom is 0.191 e. The molecule has 27 heavy (non-hydrogen) atoms. The Morgan fingerprint density at radius 1 is 1.11 bits per heavy atom. The second kappa shape index (κ2) is 11.8. The fourth-order valence-corrected chi connectivity index (χ4v) is 4.23. The number of aliphatic imine (C=N–C) groups is 1. The number of morpholine rings is 1. The maximum atomic E-state index is 5.51. The number of hydrogen-bond donors (Lipinski definition) is 2. The van der Waals surface area contributed by atoms with Gasteiger partial charge in [0.1, 0.15) is 0 Å². The van der Waals surface area contributed by atoms with E-state index in [2.05, 4.69) is 41.2 Å². The molecule has 1 aliphatic carbocycles. The van der Waals surface area contributed by atoms with Crippen LogP contribution in [0.25, 0.3) is 0 Å². The molecule has 6 nitrogen and oxygen atoms in total. The van der Waals surface area contributed by atoms with Gasteiger partial charge in [-0.05, 0) is 44.6 Å². The van der Waals surface area contributed by atoms with Crippen molar-refractivity contribution in [2.75, 3.05) is 59.0 Å². The lowest BCUT2D eigenvalue weighted by Gasteiger charge is -2.36. The topological polar surface area (TPSA) is 52.1 Å². The van der Waals surface area contributed by atoms with E-state index in [4.69, 9.17) is 9.73 Å². The van der Waals surface area contributed by atoms with Crippen LogP contribution in [0.3, 0.4) is 0 Å². The number of ether oxygens (including phenoxy) is 1. The number of likely N-dealkylation sites (tertiary alicyclic amines) is 1. The minimum atomic E-state index is 0. The van der Waals surface area contributed by atoms with Crippen molar-refractivity contribution < 1.29 is 4.74 Å². The summed E-state index contributed by atoms with van der Waals surface area (Å²) >= 11 is 0. The van der Waals surface area contributed by atoms with E-state index >= 15 is 0 Å². The predicted molar refractivity (Wildman–Crippen MR) is 123 cm³/mol. The van der Waals surface area contributed by atoms with Crippen LogP contribution >= 0.6 is 24.0 Å². The zero-order valence-corrected chi connectivity index (χ0v) is 19.8. The molecule has 3 fully saturated rings. The van der Waals surface area contributed by atoms with Gasteiger partial charge in [0, 0.05) is 44.8 Å². The molecule has 3 aliphatic rings. The summed E-state index contributed by atoms with van der Waals surface area (Å²) < 4.78 is 5.51. The highest BCUT2D eigenvalue weighted by molar-refractivity contribution is 14.0. The van der Waals surface area contributed by atoms with Crippen LogP contribution in [0.5, 0.6) is 0 Å². The molecule has 3 rings (SSSR count). The summed E-state index contributed by atoms with van der Waals surface area (Å²) in [7, 11) is 0. The molecule has 2 aliphatic heterocycles. The normalized spacial score (nSPS) is 26.1. The van der Waals surface area contributed by atoms with Crippen molar-refractivity contribution >= 4 is 29.9 Å². The Labute approximate surface area is 182 Å². The molecule has 0 amide bonds. The largest absolute Gasteiger partial charge is 0.379 e. The quantitative estimate of drug-likeness (QED) is 0.308. The third-order valence-electron chi connectivity index (χ3n) is 6.00. The predicted octanol–water partition coefficient (Wildman–Crippen LogP) is 2.00. The zero-order valence-electron chi connectivity index (χ0n) is 17.5. The zero-order chi connectivity index (χ0) is 18.4. The number of guanidine groups is 1. The van der Waals surface area contributed by atoms with Crippen LogP contribution in [0.15, 0.2) is 4.99 Å². The molecule has 0 bridgehead atoms. The third-order valence-corrected chi connectivity index (χ3v) is 6.00. The van der Waals surface area contributed by atoms with Crippen LogP contribution in [-0.4, -0.2) is 86.9 Å². The summed E-state index contributed by atoms with van der Waals surface area (Å²) in [6.45, 7) is 15.9. The molecule has 0 aromatic carbocycles. The summed E-state index contributed by atoms with van der Waals surface area (Å²) in [6.07, 6.45) is 4.16. The van der Waals surface area contributed by atoms with E-state index in [1.807, 2.05) is 0 Å². The minimum Gasteiger partial charge on any atom is -0.379 e. The van der Waals surface area contributed by atoms with Gasteiger partial charge in [0.15, 0.2) is 5.96 Å². The molecule has 0 spiro atoms. The van der Waals surface area contributed by atoms with Crippen molar-refractivity contribution in [2.45, 2.75) is 52.1 Å². The number of halogens is 1. The van der Waals surface area contributed by atoms with Crippen molar-refractivity contribution in [1.82, 2.24) is 20.4 Å². The lowest BCUT2D eigenvalue weighted by atomic mass is 10.0. The first-order valence-electron chi connectivity index (χ1n) is 10.8. The lowest BCUT2D eigenvalue weighted by molar-refractivity contribution is 0.00867. The molecule has 2 atom stereocenters. The summed E-state index contributed by atoms with van der Waals surface area (Å²) in [4.78, 5) is 10.2. The number of hydrogen-bond acceptors (Lipinski definition) is 4. The molecular formula is C20H40IN5O. The van der Waals surface area contributed by atoms with E-state index in [0.29, 0.717) is 12.0 Å². The first-order chi connectivity index (χ1) is 12.7. The van der Waals surface area contributed by atoms with E-state index in [-0.39, 0.29) is 24.0 Å². The van der Waals surface area contributed by atoms with E-state index in [0.717, 1.165) is 63.9 Å². The van der Waals surface area contributed by atoms with Gasteiger partial charge < -0.3 is 20.3 Å². The van der Waals surface area contributed by atoms with Gasteiger partial charge in [0.25, 0.3) is 0 Å². The Morgan fingerprint density at radius 3 is 2.48 bits per heavy atom. The monoisotopic (exact) mass is 493 g/mol. The van der Waals surface area contributed by atoms with Gasteiger partial charge in [0.2, 0.25) is 0 Å². The Hall–Kier alpha value is -0.120. The van der Waals surface area contributed by atoms with Crippen molar-refractivity contribution in [3.05, 3.63) is 0 Å². The van der Waals surface area contributed by atoms with Crippen LogP contribution in [0, 0.1) is 11.8 Å². The molecular weight excluding hydrogens is 453 g/mol. The summed E-state index contributed by atoms with van der Waals surface area (Å²) in [5.74, 6) is 2.34. The van der Waals surface area contributed by atoms with Crippen molar-refractivity contribution in [1.29, 1.82) is 0 Å². The molecule has 2 unspecified atom stereocenters. The van der Waals surface area contributed by atoms with Gasteiger partial charge in [0.05, 0.1) is 19.8 Å². The van der Waals surface area contributed by atoms with Gasteiger partial charge in [-0.2, -0.15) is 0 Å². The molecule has 158 valence electrons. The second-order valence-corrected chi connectivity index (χ2v) is 8.44. The number of nitrogens with zero attached hydrogens (tertiary/aromatic N) is 3. The Kier molecular flexibility index (Phi) is 10.1. The van der Waals surface area contributed by atoms with E-state index in [1.165, 1.54) is 32.4 Å². The first-order valence-corrected chi connectivity index (χ1v) is 10.8. The number of rotatable bonds is 8. The average molecular weight is 493 g/mol. The van der Waals surface area contributed by atoms with Gasteiger partial charge in [-0.3, -0.25) is 9.89 Å². The molecule has 2 heterocycles. The van der Waals surface area contributed by atoms with E-state index in [9.17, 15) is 0 Å². The van der Waals surface area contributed by atoms with E-state index < -0.39 is 0 Å². The fourth-order valence-electron chi connectivity index (χ4n) is 4.23. The maximum absolute atomic E-state index is 5.51. The third kappa shape index (κ3) is 7.33. The van der Waals surface area contributed by atoms with Gasteiger partial charge in [-0.25, -0.2) is 0 Å². The Morgan fingerprint density at radius 2 is 1.85 bits per heavy atom. The molecule has 2 N–H and O–H groups in total. The van der Waals surface area contributed by atoms with Gasteiger partial charge in [-0.1, -0.05) is 13.8 Å². The van der Waals surface area contributed by atoms with Gasteiger partial charge >= 0.3 is 0 Å². The minimum absolute atomic E-state index is 0. The first kappa shape index (κ1) is 23.2. The summed E-state index contributed by atoms with van der Waals surface area (Å²) in [5, 5.41) is 7.04.